The molecule has 1 rings (SSSR count). The SMILES string of the molecule is Cc1cnc(NCC(C)CCO)c(N)c1. The Labute approximate surface area is 90.5 Å². The maximum absolute atomic E-state index is 8.76. The summed E-state index contributed by atoms with van der Waals surface area (Å²) in [6, 6.07) is 1.89. The van der Waals surface area contributed by atoms with Crippen molar-refractivity contribution in [2.45, 2.75) is 20.3 Å². The number of aliphatic hydroxyl groups excluding tert-OH is 1. The average Bonchev–Trinajstić information content (AvgIpc) is 2.17. The highest BCUT2D eigenvalue weighted by molar-refractivity contribution is 5.61. The number of nitrogens with zero attached hydrogens (tertiary/aromatic N) is 1. The first kappa shape index (κ1) is 11.8. The quantitative estimate of drug-likeness (QED) is 0.685. The van der Waals surface area contributed by atoms with Crippen LogP contribution in [-0.4, -0.2) is 23.2 Å². The molecule has 0 fully saturated rings. The molecule has 0 amide bonds. The molecule has 0 radical (unpaired) electrons. The highest BCUT2D eigenvalue weighted by Crippen LogP contribution is 2.16. The molecular formula is C11H19N3O. The van der Waals surface area contributed by atoms with E-state index in [1.165, 1.54) is 0 Å². The molecule has 15 heavy (non-hydrogen) atoms. The summed E-state index contributed by atoms with van der Waals surface area (Å²) in [6.07, 6.45) is 2.58. The minimum absolute atomic E-state index is 0.222. The van der Waals surface area contributed by atoms with Crippen molar-refractivity contribution in [2.75, 3.05) is 24.2 Å². The Bertz CT molecular complexity index is 315. The molecule has 0 aliphatic heterocycles. The monoisotopic (exact) mass is 209 g/mol. The lowest BCUT2D eigenvalue weighted by Gasteiger charge is -2.13. The summed E-state index contributed by atoms with van der Waals surface area (Å²) < 4.78 is 0. The molecule has 0 bridgehead atoms. The van der Waals surface area contributed by atoms with E-state index in [4.69, 9.17) is 10.8 Å². The van der Waals surface area contributed by atoms with Gasteiger partial charge in [0.15, 0.2) is 0 Å². The molecule has 84 valence electrons. The molecule has 1 aromatic heterocycles. The van der Waals surface area contributed by atoms with E-state index in [2.05, 4.69) is 17.2 Å². The molecule has 1 heterocycles. The molecule has 0 saturated heterocycles. The van der Waals surface area contributed by atoms with Crippen LogP contribution in [0.25, 0.3) is 0 Å². The fraction of sp³-hybridized carbons (Fsp3) is 0.545. The summed E-state index contributed by atoms with van der Waals surface area (Å²) in [7, 11) is 0. The predicted molar refractivity (Wildman–Crippen MR) is 62.7 cm³/mol. The van der Waals surface area contributed by atoms with E-state index in [0.29, 0.717) is 11.6 Å². The van der Waals surface area contributed by atoms with Gasteiger partial charge in [0.05, 0.1) is 5.69 Å². The van der Waals surface area contributed by atoms with Crippen molar-refractivity contribution in [3.05, 3.63) is 17.8 Å². The summed E-state index contributed by atoms with van der Waals surface area (Å²) in [5.41, 5.74) is 7.54. The Morgan fingerprint density at radius 2 is 2.33 bits per heavy atom. The zero-order valence-corrected chi connectivity index (χ0v) is 9.33. The van der Waals surface area contributed by atoms with Crippen molar-refractivity contribution in [2.24, 2.45) is 5.92 Å². The number of aryl methyl sites for hydroxylation is 1. The molecule has 0 spiro atoms. The van der Waals surface area contributed by atoms with Crippen LogP contribution in [0.2, 0.25) is 0 Å². The third-order valence-electron chi connectivity index (χ3n) is 2.29. The molecular weight excluding hydrogens is 190 g/mol. The Kier molecular flexibility index (Phi) is 4.37. The van der Waals surface area contributed by atoms with Crippen molar-refractivity contribution in [1.82, 2.24) is 4.98 Å². The van der Waals surface area contributed by atoms with E-state index < -0.39 is 0 Å². The van der Waals surface area contributed by atoms with Crippen LogP contribution in [0.3, 0.4) is 0 Å². The Balaban J connectivity index is 2.50. The van der Waals surface area contributed by atoms with Crippen molar-refractivity contribution < 1.29 is 5.11 Å². The lowest BCUT2D eigenvalue weighted by Crippen LogP contribution is -2.14. The predicted octanol–water partition coefficient (Wildman–Crippen LogP) is 1.40. The number of rotatable bonds is 5. The van der Waals surface area contributed by atoms with Crippen LogP contribution in [0.4, 0.5) is 11.5 Å². The number of hydrogen-bond acceptors (Lipinski definition) is 4. The summed E-state index contributed by atoms with van der Waals surface area (Å²) >= 11 is 0. The smallest absolute Gasteiger partial charge is 0.149 e. The number of hydrogen-bond donors (Lipinski definition) is 3. The Morgan fingerprint density at radius 3 is 2.93 bits per heavy atom. The van der Waals surface area contributed by atoms with E-state index in [1.807, 2.05) is 13.0 Å². The van der Waals surface area contributed by atoms with Gasteiger partial charge in [-0.3, -0.25) is 0 Å². The lowest BCUT2D eigenvalue weighted by atomic mass is 10.1. The molecule has 4 N–H and O–H groups in total. The van der Waals surface area contributed by atoms with Crippen molar-refractivity contribution in [3.8, 4) is 0 Å². The Hall–Kier alpha value is -1.29. The first-order valence-corrected chi connectivity index (χ1v) is 5.20. The molecule has 0 aliphatic carbocycles. The van der Waals surface area contributed by atoms with Crippen LogP contribution in [0, 0.1) is 12.8 Å². The topological polar surface area (TPSA) is 71.2 Å². The summed E-state index contributed by atoms with van der Waals surface area (Å²) in [5.74, 6) is 1.14. The minimum atomic E-state index is 0.222. The highest BCUT2D eigenvalue weighted by Gasteiger charge is 2.04. The zero-order chi connectivity index (χ0) is 11.3. The van der Waals surface area contributed by atoms with Gasteiger partial charge in [0.1, 0.15) is 5.82 Å². The van der Waals surface area contributed by atoms with Gasteiger partial charge in [0.25, 0.3) is 0 Å². The maximum Gasteiger partial charge on any atom is 0.149 e. The second kappa shape index (κ2) is 5.56. The molecule has 1 aromatic rings. The van der Waals surface area contributed by atoms with Gasteiger partial charge >= 0.3 is 0 Å². The molecule has 0 aromatic carbocycles. The van der Waals surface area contributed by atoms with E-state index >= 15 is 0 Å². The van der Waals surface area contributed by atoms with Crippen molar-refractivity contribution >= 4 is 11.5 Å². The third kappa shape index (κ3) is 3.75. The van der Waals surface area contributed by atoms with Gasteiger partial charge in [-0.05, 0) is 30.9 Å². The number of nitrogens with one attached hydrogen (secondary N) is 1. The summed E-state index contributed by atoms with van der Waals surface area (Å²) in [4.78, 5) is 4.21. The van der Waals surface area contributed by atoms with Crippen LogP contribution < -0.4 is 11.1 Å². The number of anilines is 2. The molecule has 1 atom stereocenters. The van der Waals surface area contributed by atoms with E-state index in [0.717, 1.165) is 24.3 Å². The molecule has 4 heteroatoms. The van der Waals surface area contributed by atoms with Gasteiger partial charge in [0.2, 0.25) is 0 Å². The van der Waals surface area contributed by atoms with Crippen molar-refractivity contribution in [1.29, 1.82) is 0 Å². The summed E-state index contributed by atoms with van der Waals surface area (Å²) in [5, 5.41) is 11.9. The highest BCUT2D eigenvalue weighted by atomic mass is 16.3. The van der Waals surface area contributed by atoms with E-state index in [9.17, 15) is 0 Å². The largest absolute Gasteiger partial charge is 0.396 e. The standard InChI is InChI=1S/C11H19N3O/c1-8(3-4-15)6-13-11-10(12)5-9(2)7-14-11/h5,7-8,15H,3-4,6,12H2,1-2H3,(H,13,14). The van der Waals surface area contributed by atoms with Gasteiger partial charge in [-0.1, -0.05) is 6.92 Å². The first-order valence-electron chi connectivity index (χ1n) is 5.20. The number of nitrogens with two attached hydrogens (primary N) is 1. The van der Waals surface area contributed by atoms with Crippen LogP contribution in [-0.2, 0) is 0 Å². The number of aliphatic hydroxyl groups is 1. The minimum Gasteiger partial charge on any atom is -0.396 e. The molecule has 4 nitrogen and oxygen atoms in total. The van der Waals surface area contributed by atoms with Crippen LogP contribution >= 0.6 is 0 Å². The van der Waals surface area contributed by atoms with Gasteiger partial charge in [-0.25, -0.2) is 4.98 Å². The van der Waals surface area contributed by atoms with Crippen LogP contribution in [0.15, 0.2) is 12.3 Å². The normalized spacial score (nSPS) is 12.5. The zero-order valence-electron chi connectivity index (χ0n) is 9.33. The second-order valence-corrected chi connectivity index (χ2v) is 3.95. The average molecular weight is 209 g/mol. The molecule has 0 saturated carbocycles. The molecule has 0 aliphatic rings. The van der Waals surface area contributed by atoms with Gasteiger partial charge < -0.3 is 16.2 Å². The number of nitrogen functional groups attached to an aromatic ring is 1. The number of aromatic nitrogens is 1. The van der Waals surface area contributed by atoms with Gasteiger partial charge in [-0.15, -0.1) is 0 Å². The first-order chi connectivity index (χ1) is 7.13. The second-order valence-electron chi connectivity index (χ2n) is 3.95. The lowest BCUT2D eigenvalue weighted by molar-refractivity contribution is 0.266. The third-order valence-corrected chi connectivity index (χ3v) is 2.29. The molecule has 1 unspecified atom stereocenters. The summed E-state index contributed by atoms with van der Waals surface area (Å²) in [6.45, 7) is 5.04. The fourth-order valence-corrected chi connectivity index (χ4v) is 1.33. The van der Waals surface area contributed by atoms with E-state index in [-0.39, 0.29) is 6.61 Å². The van der Waals surface area contributed by atoms with Gasteiger partial charge in [0, 0.05) is 19.3 Å². The van der Waals surface area contributed by atoms with Crippen LogP contribution in [0.1, 0.15) is 18.9 Å². The Morgan fingerprint density at radius 1 is 1.60 bits per heavy atom. The maximum atomic E-state index is 8.76. The van der Waals surface area contributed by atoms with E-state index in [1.54, 1.807) is 6.20 Å². The van der Waals surface area contributed by atoms with Gasteiger partial charge in [-0.2, -0.15) is 0 Å². The van der Waals surface area contributed by atoms with Crippen molar-refractivity contribution in [3.63, 3.8) is 0 Å². The number of pyridine rings is 1. The van der Waals surface area contributed by atoms with Crippen LogP contribution in [0.5, 0.6) is 0 Å². The fourth-order valence-electron chi connectivity index (χ4n) is 1.33.